The van der Waals surface area contributed by atoms with E-state index in [1.807, 2.05) is 6.20 Å². The summed E-state index contributed by atoms with van der Waals surface area (Å²) >= 11 is 2.99. The number of rotatable bonds is 2. The van der Waals surface area contributed by atoms with E-state index in [-0.39, 0.29) is 6.85 Å². The molecule has 4 heterocycles. The first-order valence-electron chi connectivity index (χ1n) is 13.8. The molecule has 8 heteroatoms. The quantitative estimate of drug-likeness (QED) is 0.250. The molecule has 42 heavy (non-hydrogen) atoms. The predicted molar refractivity (Wildman–Crippen MR) is 178 cm³/mol. The van der Waals surface area contributed by atoms with Gasteiger partial charge in [0.05, 0.1) is 0 Å². The number of hydrogen-bond donors (Lipinski definition) is 0. The van der Waals surface area contributed by atoms with E-state index < -0.39 is 0 Å². The molecular formula is C34H18BN4Pb3. The van der Waals surface area contributed by atoms with E-state index in [9.17, 15) is 0 Å². The van der Waals surface area contributed by atoms with Crippen molar-refractivity contribution in [3.63, 3.8) is 0 Å². The van der Waals surface area contributed by atoms with Gasteiger partial charge in [0.1, 0.15) is 0 Å². The molecule has 0 fully saturated rings. The van der Waals surface area contributed by atoms with Crippen LogP contribution in [0.25, 0.3) is 60.6 Å². The van der Waals surface area contributed by atoms with Crippen molar-refractivity contribution in [2.45, 2.75) is 0 Å². The first kappa shape index (κ1) is 26.1. The fourth-order valence-electron chi connectivity index (χ4n) is 7.02. The number of benzene rings is 5. The number of fused-ring (bicyclic) bond motifs is 8. The molecule has 9 radical (unpaired) electrons. The van der Waals surface area contributed by atoms with Crippen LogP contribution in [-0.4, -0.2) is 103 Å². The van der Waals surface area contributed by atoms with Crippen LogP contribution in [0.2, 0.25) is 0 Å². The van der Waals surface area contributed by atoms with Gasteiger partial charge >= 0.3 is 294 Å². The zero-order chi connectivity index (χ0) is 28.1. The van der Waals surface area contributed by atoms with Gasteiger partial charge in [-0.3, -0.25) is 0 Å². The fourth-order valence-corrected chi connectivity index (χ4v) is 13.5. The zero-order valence-corrected chi connectivity index (χ0v) is 33.9. The van der Waals surface area contributed by atoms with E-state index in [0.29, 0.717) is 0 Å². The Morgan fingerprint density at radius 3 is 2.21 bits per heavy atom. The molecule has 0 atom stereocenters. The minimum absolute atomic E-state index is 0.0533. The van der Waals surface area contributed by atoms with E-state index in [4.69, 9.17) is 4.98 Å². The molecule has 0 saturated heterocycles. The fraction of sp³-hybridized carbons (Fsp3) is 0. The Morgan fingerprint density at radius 1 is 0.619 bits per heavy atom. The average Bonchev–Trinajstić information content (AvgIpc) is 3.53. The molecule has 1 aliphatic heterocycles. The second-order valence-electron chi connectivity index (χ2n) is 10.9. The second kappa shape index (κ2) is 9.81. The Kier molecular flexibility index (Phi) is 6.09. The van der Waals surface area contributed by atoms with E-state index in [0.717, 1.165) is 88.3 Å². The number of aromatic nitrogens is 4. The van der Waals surface area contributed by atoms with Gasteiger partial charge in [0.25, 0.3) is 0 Å². The molecule has 4 nitrogen and oxygen atoms in total. The number of hydrogen-bond acceptors (Lipinski definition) is 2. The second-order valence-corrected chi connectivity index (χ2v) is 17.3. The molecule has 3 aromatic heterocycles. The van der Waals surface area contributed by atoms with Crippen LogP contribution in [0.4, 0.5) is 0 Å². The summed E-state index contributed by atoms with van der Waals surface area (Å²) in [6.07, 6.45) is 3.64. The first-order valence-corrected chi connectivity index (χ1v) is 19.6. The Hall–Kier alpha value is -2.39. The van der Waals surface area contributed by atoms with E-state index in [2.05, 4.69) is 111 Å². The third-order valence-corrected chi connectivity index (χ3v) is 12.7. The normalized spacial score (nSPS) is 12.6. The Morgan fingerprint density at radius 2 is 1.36 bits per heavy atom. The van der Waals surface area contributed by atoms with Crippen molar-refractivity contribution < 1.29 is 0 Å². The molecule has 0 bridgehead atoms. The summed E-state index contributed by atoms with van der Waals surface area (Å²) in [6.45, 7) is 0.0533. The molecule has 0 N–H and O–H groups in total. The molecular weight excluding hydrogens is 1100 g/mol. The van der Waals surface area contributed by atoms with Crippen LogP contribution >= 0.6 is 0 Å². The average molecular weight is 1110 g/mol. The van der Waals surface area contributed by atoms with E-state index >= 15 is 0 Å². The SMILES string of the molecule is [Pb][c]1c[c]([Pb])c2c(c1)c1cc(-c3ccccc3)c[c]([Pb])c1n2B1c2ccccc2-n2c3cncnc3c3cccc1c32. The molecule has 0 unspecified atom stereocenters. The van der Waals surface area contributed by atoms with Gasteiger partial charge in [0.15, 0.2) is 0 Å². The summed E-state index contributed by atoms with van der Waals surface area (Å²) < 4.78 is 9.51. The van der Waals surface area contributed by atoms with Crippen molar-refractivity contribution in [2.75, 3.05) is 0 Å². The summed E-state index contributed by atoms with van der Waals surface area (Å²) in [5.41, 5.74) is 12.6. The minimum atomic E-state index is 0.0533. The van der Waals surface area contributed by atoms with Gasteiger partial charge in [-0.15, -0.1) is 0 Å². The molecule has 189 valence electrons. The van der Waals surface area contributed by atoms with Crippen LogP contribution in [0.15, 0.2) is 110 Å². The van der Waals surface area contributed by atoms with Gasteiger partial charge in [-0.1, -0.05) is 0 Å². The zero-order valence-electron chi connectivity index (χ0n) is 22.3. The Bertz CT molecular complexity index is 2410. The monoisotopic (exact) mass is 1120 g/mol. The molecule has 0 amide bonds. The van der Waals surface area contributed by atoms with Gasteiger partial charge in [0, 0.05) is 0 Å². The summed E-state index contributed by atoms with van der Waals surface area (Å²) in [7, 11) is 0. The van der Waals surface area contributed by atoms with Gasteiger partial charge in [-0.05, 0) is 0 Å². The Balaban J connectivity index is 1.47. The third-order valence-electron chi connectivity index (χ3n) is 8.60. The van der Waals surface area contributed by atoms with Gasteiger partial charge in [-0.25, -0.2) is 0 Å². The predicted octanol–water partition coefficient (Wildman–Crippen LogP) is 2.70. The Labute approximate surface area is 290 Å². The third kappa shape index (κ3) is 3.64. The molecule has 5 aromatic carbocycles. The van der Waals surface area contributed by atoms with Crippen LogP contribution in [0.3, 0.4) is 0 Å². The van der Waals surface area contributed by atoms with Crippen LogP contribution in [0.1, 0.15) is 0 Å². The van der Waals surface area contributed by atoms with Crippen LogP contribution in [-0.2, 0) is 0 Å². The maximum absolute atomic E-state index is 4.76. The molecule has 1 aliphatic rings. The topological polar surface area (TPSA) is 35.6 Å². The van der Waals surface area contributed by atoms with E-state index in [1.54, 1.807) is 6.33 Å². The first-order chi connectivity index (χ1) is 20.6. The van der Waals surface area contributed by atoms with Crippen LogP contribution < -0.4 is 20.3 Å². The summed E-state index contributed by atoms with van der Waals surface area (Å²) in [4.78, 5) is 9.19. The van der Waals surface area contributed by atoms with Crippen LogP contribution in [0, 0.1) is 0 Å². The van der Waals surface area contributed by atoms with Crippen molar-refractivity contribution >= 4 is 148 Å². The van der Waals surface area contributed by atoms with Gasteiger partial charge in [-0.2, -0.15) is 0 Å². The molecule has 8 aromatic rings. The van der Waals surface area contributed by atoms with Crippen molar-refractivity contribution in [1.29, 1.82) is 0 Å². The van der Waals surface area contributed by atoms with E-state index in [1.165, 1.54) is 69.8 Å². The molecule has 9 rings (SSSR count). The number of para-hydroxylation sites is 2. The molecule has 0 aliphatic carbocycles. The molecule has 0 saturated carbocycles. The van der Waals surface area contributed by atoms with Gasteiger partial charge < -0.3 is 0 Å². The van der Waals surface area contributed by atoms with Crippen molar-refractivity contribution in [2.24, 2.45) is 0 Å². The standard InChI is InChI=1S/C34H18BN4.3Pb/c1-2-9-22(10-3-1)23-17-18-30-26(19-23)24-11-4-6-15-29(24)39(30)35-27-13-5-7-16-31(27)38-32-20-36-21-37-33(32)25-12-8-14-28(35)34(25)38;;;/h1-3,5-14,16-17,19-21H;;;. The van der Waals surface area contributed by atoms with Crippen LogP contribution in [0.5, 0.6) is 0 Å². The summed E-state index contributed by atoms with van der Waals surface area (Å²) in [6, 6.07) is 36.4. The van der Waals surface area contributed by atoms with Crippen molar-refractivity contribution in [1.82, 2.24) is 19.0 Å². The number of nitrogens with zero attached hydrogens (tertiary/aromatic N) is 4. The van der Waals surface area contributed by atoms with Gasteiger partial charge in [0.2, 0.25) is 0 Å². The van der Waals surface area contributed by atoms with Crippen molar-refractivity contribution in [3.8, 4) is 16.8 Å². The molecule has 0 spiro atoms. The summed E-state index contributed by atoms with van der Waals surface area (Å²) in [5.74, 6) is 0. The summed E-state index contributed by atoms with van der Waals surface area (Å²) in [5, 5.41) is 3.97. The van der Waals surface area contributed by atoms with Crippen molar-refractivity contribution in [3.05, 3.63) is 110 Å². The maximum atomic E-state index is 4.76.